The molecule has 3 nitrogen and oxygen atoms in total. The molecule has 0 aliphatic heterocycles. The van der Waals surface area contributed by atoms with E-state index in [0.717, 1.165) is 22.2 Å². The molecule has 16 heavy (non-hydrogen) atoms. The molecule has 1 aromatic carbocycles. The predicted octanol–water partition coefficient (Wildman–Crippen LogP) is 3.20. The maximum Gasteiger partial charge on any atom is 0.228 e. The lowest BCUT2D eigenvalue weighted by molar-refractivity contribution is 0.543. The Kier molecular flexibility index (Phi) is 1.96. The maximum absolute atomic E-state index is 5.53. The van der Waals surface area contributed by atoms with E-state index in [-0.39, 0.29) is 0 Å². The number of oxazole rings is 1. The molecule has 0 unspecified atom stereocenters. The van der Waals surface area contributed by atoms with E-state index in [2.05, 4.69) is 9.97 Å². The van der Waals surface area contributed by atoms with Crippen LogP contribution in [-0.2, 0) is 0 Å². The summed E-state index contributed by atoms with van der Waals surface area (Å²) in [5.74, 6) is 1.43. The van der Waals surface area contributed by atoms with E-state index in [4.69, 9.17) is 4.42 Å². The molecule has 3 aromatic rings. The summed E-state index contributed by atoms with van der Waals surface area (Å²) >= 11 is 0. The second-order valence-corrected chi connectivity index (χ2v) is 3.66. The van der Waals surface area contributed by atoms with E-state index in [1.807, 2.05) is 37.3 Å². The van der Waals surface area contributed by atoms with Crippen LogP contribution in [0.1, 0.15) is 5.76 Å². The van der Waals surface area contributed by atoms with Crippen molar-refractivity contribution in [3.63, 3.8) is 0 Å². The Morgan fingerprint density at radius 2 is 1.94 bits per heavy atom. The molecule has 0 spiro atoms. The Labute approximate surface area is 92.8 Å². The number of rotatable bonds is 1. The van der Waals surface area contributed by atoms with Crippen molar-refractivity contribution < 1.29 is 4.42 Å². The minimum atomic E-state index is 0.627. The van der Waals surface area contributed by atoms with Crippen molar-refractivity contribution in [2.24, 2.45) is 0 Å². The van der Waals surface area contributed by atoms with Crippen molar-refractivity contribution in [2.75, 3.05) is 0 Å². The van der Waals surface area contributed by atoms with Crippen LogP contribution in [0.2, 0.25) is 0 Å². The molecule has 3 rings (SSSR count). The van der Waals surface area contributed by atoms with Gasteiger partial charge in [-0.25, -0.2) is 4.98 Å². The Bertz CT molecular complexity index is 638. The summed E-state index contributed by atoms with van der Waals surface area (Å²) in [6, 6.07) is 9.94. The number of nitrogens with zero attached hydrogens (tertiary/aromatic N) is 2. The SMILES string of the molecule is Cc1cnc(-c2cccc3cccnc23)o1. The van der Waals surface area contributed by atoms with Gasteiger partial charge in [0.1, 0.15) is 5.76 Å². The third-order valence-electron chi connectivity index (χ3n) is 2.48. The summed E-state index contributed by atoms with van der Waals surface area (Å²) in [5.41, 5.74) is 1.86. The van der Waals surface area contributed by atoms with E-state index >= 15 is 0 Å². The number of hydrogen-bond donors (Lipinski definition) is 0. The predicted molar refractivity (Wildman–Crippen MR) is 62.0 cm³/mol. The highest BCUT2D eigenvalue weighted by Crippen LogP contribution is 2.26. The first-order valence-electron chi connectivity index (χ1n) is 5.11. The van der Waals surface area contributed by atoms with Crippen molar-refractivity contribution in [3.8, 4) is 11.5 Å². The fourth-order valence-electron chi connectivity index (χ4n) is 1.76. The number of benzene rings is 1. The van der Waals surface area contributed by atoms with Crippen molar-refractivity contribution >= 4 is 10.9 Å². The highest BCUT2D eigenvalue weighted by atomic mass is 16.4. The largest absolute Gasteiger partial charge is 0.441 e. The van der Waals surface area contributed by atoms with Gasteiger partial charge in [0.15, 0.2) is 0 Å². The second kappa shape index (κ2) is 3.45. The molecular weight excluding hydrogens is 200 g/mol. The molecule has 0 aliphatic rings. The topological polar surface area (TPSA) is 38.9 Å². The summed E-state index contributed by atoms with van der Waals surface area (Å²) < 4.78 is 5.53. The van der Waals surface area contributed by atoms with Gasteiger partial charge in [-0.1, -0.05) is 18.2 Å². The fourth-order valence-corrected chi connectivity index (χ4v) is 1.76. The number of pyridine rings is 1. The average Bonchev–Trinajstić information content (AvgIpc) is 2.75. The molecule has 3 heteroatoms. The van der Waals surface area contributed by atoms with Crippen LogP contribution in [-0.4, -0.2) is 9.97 Å². The van der Waals surface area contributed by atoms with Crippen LogP contribution in [0.3, 0.4) is 0 Å². The van der Waals surface area contributed by atoms with Gasteiger partial charge >= 0.3 is 0 Å². The molecule has 0 amide bonds. The zero-order chi connectivity index (χ0) is 11.0. The quantitative estimate of drug-likeness (QED) is 0.619. The summed E-state index contributed by atoms with van der Waals surface area (Å²) in [5, 5.41) is 1.09. The van der Waals surface area contributed by atoms with Gasteiger partial charge in [-0.05, 0) is 19.1 Å². The van der Waals surface area contributed by atoms with Gasteiger partial charge in [0.25, 0.3) is 0 Å². The number of fused-ring (bicyclic) bond motifs is 1. The number of aryl methyl sites for hydroxylation is 1. The molecule has 0 aliphatic carbocycles. The monoisotopic (exact) mass is 210 g/mol. The lowest BCUT2D eigenvalue weighted by Gasteiger charge is -2.00. The average molecular weight is 210 g/mol. The molecule has 0 radical (unpaired) electrons. The van der Waals surface area contributed by atoms with Crippen LogP contribution >= 0.6 is 0 Å². The highest BCUT2D eigenvalue weighted by molar-refractivity contribution is 5.91. The minimum absolute atomic E-state index is 0.627. The third-order valence-corrected chi connectivity index (χ3v) is 2.48. The number of para-hydroxylation sites is 1. The lowest BCUT2D eigenvalue weighted by Crippen LogP contribution is -1.83. The van der Waals surface area contributed by atoms with Crippen LogP contribution < -0.4 is 0 Å². The lowest BCUT2D eigenvalue weighted by atomic mass is 10.1. The molecule has 0 saturated heterocycles. The standard InChI is InChI=1S/C13H10N2O/c1-9-8-15-13(16-9)11-6-2-4-10-5-3-7-14-12(10)11/h2-8H,1H3. The highest BCUT2D eigenvalue weighted by Gasteiger charge is 2.08. The van der Waals surface area contributed by atoms with Gasteiger partial charge in [0, 0.05) is 11.6 Å². The molecule has 0 saturated carbocycles. The second-order valence-electron chi connectivity index (χ2n) is 3.66. The van der Waals surface area contributed by atoms with Crippen LogP contribution in [0.25, 0.3) is 22.4 Å². The summed E-state index contributed by atoms with van der Waals surface area (Å²) in [4.78, 5) is 8.60. The Morgan fingerprint density at radius 3 is 2.75 bits per heavy atom. The molecule has 78 valence electrons. The molecule has 2 heterocycles. The van der Waals surface area contributed by atoms with E-state index in [1.165, 1.54) is 0 Å². The number of aromatic nitrogens is 2. The van der Waals surface area contributed by atoms with E-state index < -0.39 is 0 Å². The summed E-state index contributed by atoms with van der Waals surface area (Å²) in [6.45, 7) is 1.88. The first-order chi connectivity index (χ1) is 7.84. The van der Waals surface area contributed by atoms with Crippen LogP contribution in [0.15, 0.2) is 47.1 Å². The van der Waals surface area contributed by atoms with Gasteiger partial charge in [0.2, 0.25) is 5.89 Å². The molecule has 0 bridgehead atoms. The van der Waals surface area contributed by atoms with Crippen LogP contribution in [0, 0.1) is 6.92 Å². The Hall–Kier alpha value is -2.16. The smallest absolute Gasteiger partial charge is 0.228 e. The minimum Gasteiger partial charge on any atom is -0.441 e. The van der Waals surface area contributed by atoms with E-state index in [1.54, 1.807) is 12.4 Å². The summed E-state index contributed by atoms with van der Waals surface area (Å²) in [7, 11) is 0. The molecule has 0 N–H and O–H groups in total. The first-order valence-corrected chi connectivity index (χ1v) is 5.11. The van der Waals surface area contributed by atoms with E-state index in [9.17, 15) is 0 Å². The third kappa shape index (κ3) is 1.37. The molecular formula is C13H10N2O. The Morgan fingerprint density at radius 1 is 1.06 bits per heavy atom. The van der Waals surface area contributed by atoms with Crippen molar-refractivity contribution in [1.29, 1.82) is 0 Å². The fraction of sp³-hybridized carbons (Fsp3) is 0.0769. The van der Waals surface area contributed by atoms with Crippen molar-refractivity contribution in [3.05, 3.63) is 48.5 Å². The maximum atomic E-state index is 5.53. The zero-order valence-electron chi connectivity index (χ0n) is 8.84. The van der Waals surface area contributed by atoms with Crippen molar-refractivity contribution in [1.82, 2.24) is 9.97 Å². The molecule has 2 aromatic heterocycles. The van der Waals surface area contributed by atoms with Gasteiger partial charge in [-0.15, -0.1) is 0 Å². The zero-order valence-corrected chi connectivity index (χ0v) is 8.84. The first kappa shape index (κ1) is 9.09. The molecule has 0 atom stereocenters. The summed E-state index contributed by atoms with van der Waals surface area (Å²) in [6.07, 6.45) is 3.50. The van der Waals surface area contributed by atoms with Gasteiger partial charge in [-0.3, -0.25) is 4.98 Å². The van der Waals surface area contributed by atoms with Crippen LogP contribution in [0.5, 0.6) is 0 Å². The Balaban J connectivity index is 2.31. The van der Waals surface area contributed by atoms with Gasteiger partial charge < -0.3 is 4.42 Å². The van der Waals surface area contributed by atoms with Gasteiger partial charge in [-0.2, -0.15) is 0 Å². The normalized spacial score (nSPS) is 10.8. The van der Waals surface area contributed by atoms with Gasteiger partial charge in [0.05, 0.1) is 17.3 Å². The van der Waals surface area contributed by atoms with Crippen LogP contribution in [0.4, 0.5) is 0 Å². The molecule has 0 fully saturated rings. The number of hydrogen-bond acceptors (Lipinski definition) is 3. The van der Waals surface area contributed by atoms with E-state index in [0.29, 0.717) is 5.89 Å². The van der Waals surface area contributed by atoms with Crippen molar-refractivity contribution in [2.45, 2.75) is 6.92 Å².